The average Bonchev–Trinajstić information content (AvgIpc) is 1.96. The summed E-state index contributed by atoms with van der Waals surface area (Å²) in [6.07, 6.45) is 0. The molecule has 0 bridgehead atoms. The van der Waals surface area contributed by atoms with Crippen LogP contribution >= 0.6 is 0 Å². The van der Waals surface area contributed by atoms with Gasteiger partial charge in [-0.05, 0) is 18.6 Å². The molecule has 0 heterocycles. The summed E-state index contributed by atoms with van der Waals surface area (Å²) in [5.74, 6) is -1.82. The lowest BCUT2D eigenvalue weighted by atomic mass is 10.2. The summed E-state index contributed by atoms with van der Waals surface area (Å²) in [7, 11) is 0. The van der Waals surface area contributed by atoms with Crippen molar-refractivity contribution in [2.75, 3.05) is 6.86 Å². The highest BCUT2D eigenvalue weighted by Crippen LogP contribution is 2.23. The molecule has 0 aromatic heterocycles. The van der Waals surface area contributed by atoms with Crippen molar-refractivity contribution in [2.45, 2.75) is 6.92 Å². The summed E-state index contributed by atoms with van der Waals surface area (Å²) < 4.78 is 41.2. The number of aryl methyl sites for hydroxylation is 1. The van der Waals surface area contributed by atoms with Crippen molar-refractivity contribution in [1.82, 2.24) is 0 Å². The zero-order valence-electron chi connectivity index (χ0n) is 6.40. The van der Waals surface area contributed by atoms with Crippen LogP contribution in [-0.2, 0) is 0 Å². The van der Waals surface area contributed by atoms with Crippen molar-refractivity contribution in [3.8, 4) is 5.75 Å². The van der Waals surface area contributed by atoms with Crippen LogP contribution in [0.4, 0.5) is 13.2 Å². The molecule has 0 atom stereocenters. The second-order valence-electron chi connectivity index (χ2n) is 2.29. The Kier molecular flexibility index (Phi) is 2.58. The van der Waals surface area contributed by atoms with Crippen molar-refractivity contribution < 1.29 is 17.9 Å². The SMILES string of the molecule is Cc1cc(F)cc(F)c1OCF. The standard InChI is InChI=1S/C8H7F3O/c1-5-2-6(10)3-7(11)8(5)12-4-9/h2-3H,4H2,1H3. The van der Waals surface area contributed by atoms with Gasteiger partial charge >= 0.3 is 0 Å². The predicted molar refractivity (Wildman–Crippen MR) is 37.7 cm³/mol. The molecule has 1 aromatic carbocycles. The van der Waals surface area contributed by atoms with E-state index in [9.17, 15) is 13.2 Å². The van der Waals surface area contributed by atoms with E-state index < -0.39 is 18.5 Å². The molecule has 0 N–H and O–H groups in total. The fourth-order valence-corrected chi connectivity index (χ4v) is 0.926. The number of hydrogen-bond acceptors (Lipinski definition) is 1. The van der Waals surface area contributed by atoms with Crippen LogP contribution < -0.4 is 4.74 Å². The highest BCUT2D eigenvalue weighted by atomic mass is 19.1. The first-order valence-electron chi connectivity index (χ1n) is 3.29. The fraction of sp³-hybridized carbons (Fsp3) is 0.250. The van der Waals surface area contributed by atoms with Gasteiger partial charge in [-0.25, -0.2) is 13.2 Å². The van der Waals surface area contributed by atoms with Gasteiger partial charge in [0.2, 0.25) is 6.86 Å². The minimum absolute atomic E-state index is 0.237. The van der Waals surface area contributed by atoms with E-state index in [0.717, 1.165) is 6.07 Å². The molecule has 1 nitrogen and oxygen atoms in total. The monoisotopic (exact) mass is 176 g/mol. The average molecular weight is 176 g/mol. The highest BCUT2D eigenvalue weighted by Gasteiger charge is 2.08. The van der Waals surface area contributed by atoms with Gasteiger partial charge in [-0.3, -0.25) is 0 Å². The molecular formula is C8H7F3O. The van der Waals surface area contributed by atoms with Crippen LogP contribution in [0.1, 0.15) is 5.56 Å². The zero-order valence-corrected chi connectivity index (χ0v) is 6.40. The van der Waals surface area contributed by atoms with E-state index in [-0.39, 0.29) is 11.3 Å². The summed E-state index contributed by atoms with van der Waals surface area (Å²) in [5.41, 5.74) is 0.241. The summed E-state index contributed by atoms with van der Waals surface area (Å²) in [4.78, 5) is 0. The van der Waals surface area contributed by atoms with Crippen LogP contribution in [0.5, 0.6) is 5.75 Å². The first-order chi connectivity index (χ1) is 5.65. The lowest BCUT2D eigenvalue weighted by Crippen LogP contribution is -1.97. The van der Waals surface area contributed by atoms with Gasteiger partial charge in [0.15, 0.2) is 11.6 Å². The molecule has 0 amide bonds. The van der Waals surface area contributed by atoms with Gasteiger partial charge in [0, 0.05) is 6.07 Å². The third-order valence-electron chi connectivity index (χ3n) is 1.39. The van der Waals surface area contributed by atoms with E-state index in [0.29, 0.717) is 6.07 Å². The molecule has 0 aliphatic rings. The molecule has 0 aliphatic heterocycles. The largest absolute Gasteiger partial charge is 0.460 e. The van der Waals surface area contributed by atoms with Crippen LogP contribution in [0.2, 0.25) is 0 Å². The lowest BCUT2D eigenvalue weighted by Gasteiger charge is -2.05. The Bertz CT molecular complexity index is 263. The number of hydrogen-bond donors (Lipinski definition) is 0. The van der Waals surface area contributed by atoms with Crippen LogP contribution in [0, 0.1) is 18.6 Å². The van der Waals surface area contributed by atoms with Crippen LogP contribution in [0.15, 0.2) is 12.1 Å². The molecule has 66 valence electrons. The Morgan fingerprint density at radius 3 is 2.50 bits per heavy atom. The minimum atomic E-state index is -1.12. The normalized spacial score (nSPS) is 10.0. The molecule has 0 fully saturated rings. The summed E-state index contributed by atoms with van der Waals surface area (Å²) >= 11 is 0. The van der Waals surface area contributed by atoms with Gasteiger partial charge in [-0.15, -0.1) is 0 Å². The molecule has 1 rings (SSSR count). The topological polar surface area (TPSA) is 9.23 Å². The van der Waals surface area contributed by atoms with Gasteiger partial charge in [0.1, 0.15) is 5.82 Å². The van der Waals surface area contributed by atoms with Crippen LogP contribution in [0.3, 0.4) is 0 Å². The third kappa shape index (κ3) is 1.69. The molecule has 0 saturated heterocycles. The molecule has 0 spiro atoms. The molecule has 12 heavy (non-hydrogen) atoms. The second-order valence-corrected chi connectivity index (χ2v) is 2.29. The van der Waals surface area contributed by atoms with Gasteiger partial charge in [0.05, 0.1) is 0 Å². The molecule has 1 aromatic rings. The van der Waals surface area contributed by atoms with E-state index >= 15 is 0 Å². The Morgan fingerprint density at radius 1 is 1.33 bits per heavy atom. The summed E-state index contributed by atoms with van der Waals surface area (Å²) in [5, 5.41) is 0. The van der Waals surface area contributed by atoms with Gasteiger partial charge in [-0.1, -0.05) is 0 Å². The third-order valence-corrected chi connectivity index (χ3v) is 1.39. The zero-order chi connectivity index (χ0) is 9.14. The van der Waals surface area contributed by atoms with Crippen LogP contribution in [0.25, 0.3) is 0 Å². The summed E-state index contributed by atoms with van der Waals surface area (Å²) in [6, 6.07) is 1.73. The lowest BCUT2D eigenvalue weighted by molar-refractivity contribution is 0.182. The quantitative estimate of drug-likeness (QED) is 0.672. The minimum Gasteiger partial charge on any atom is -0.460 e. The molecular weight excluding hydrogens is 169 g/mol. The Hall–Kier alpha value is -1.19. The maximum Gasteiger partial charge on any atom is 0.228 e. The fourth-order valence-electron chi connectivity index (χ4n) is 0.926. The van der Waals surface area contributed by atoms with Crippen molar-refractivity contribution in [1.29, 1.82) is 0 Å². The number of alkyl halides is 1. The van der Waals surface area contributed by atoms with Crippen LogP contribution in [-0.4, -0.2) is 6.86 Å². The van der Waals surface area contributed by atoms with Crippen molar-refractivity contribution in [2.24, 2.45) is 0 Å². The molecule has 0 unspecified atom stereocenters. The highest BCUT2D eigenvalue weighted by molar-refractivity contribution is 5.34. The Morgan fingerprint density at radius 2 is 2.00 bits per heavy atom. The number of benzene rings is 1. The van der Waals surface area contributed by atoms with E-state index in [4.69, 9.17) is 0 Å². The van der Waals surface area contributed by atoms with E-state index in [1.807, 2.05) is 0 Å². The van der Waals surface area contributed by atoms with E-state index in [1.165, 1.54) is 6.92 Å². The van der Waals surface area contributed by atoms with Gasteiger partial charge in [-0.2, -0.15) is 0 Å². The van der Waals surface area contributed by atoms with Crippen molar-refractivity contribution >= 4 is 0 Å². The number of rotatable bonds is 2. The van der Waals surface area contributed by atoms with Gasteiger partial charge in [0.25, 0.3) is 0 Å². The van der Waals surface area contributed by atoms with Crippen molar-refractivity contribution in [3.63, 3.8) is 0 Å². The molecule has 0 aliphatic carbocycles. The van der Waals surface area contributed by atoms with E-state index in [1.54, 1.807) is 0 Å². The maximum atomic E-state index is 12.8. The number of ether oxygens (including phenoxy) is 1. The summed E-state index contributed by atoms with van der Waals surface area (Å²) in [6.45, 7) is 0.320. The van der Waals surface area contributed by atoms with Crippen molar-refractivity contribution in [3.05, 3.63) is 29.3 Å². The predicted octanol–water partition coefficient (Wildman–Crippen LogP) is 2.58. The smallest absolute Gasteiger partial charge is 0.228 e. The first-order valence-corrected chi connectivity index (χ1v) is 3.29. The molecule has 4 heteroatoms. The molecule has 0 saturated carbocycles. The Balaban J connectivity index is 3.10. The Labute approximate surface area is 67.8 Å². The van der Waals surface area contributed by atoms with Gasteiger partial charge < -0.3 is 4.74 Å². The maximum absolute atomic E-state index is 12.8. The number of halogens is 3. The second kappa shape index (κ2) is 3.47. The van der Waals surface area contributed by atoms with E-state index in [2.05, 4.69) is 4.74 Å². The first kappa shape index (κ1) is 8.90. The molecule has 0 radical (unpaired) electrons.